The van der Waals surface area contributed by atoms with Crippen LogP contribution >= 0.6 is 23.2 Å². The number of rotatable bonds is 5. The maximum atomic E-state index is 13.6. The first-order valence-corrected chi connectivity index (χ1v) is 14.3. The molecule has 0 spiro atoms. The van der Waals surface area contributed by atoms with Crippen molar-refractivity contribution in [3.05, 3.63) is 75.9 Å². The molecule has 2 atom stereocenters. The molecule has 2 aromatic carbocycles. The lowest BCUT2D eigenvalue weighted by Crippen LogP contribution is -2.53. The van der Waals surface area contributed by atoms with Gasteiger partial charge in [0.1, 0.15) is 0 Å². The summed E-state index contributed by atoms with van der Waals surface area (Å²) in [5.74, 6) is 0.116. The molecular formula is C30H32Cl2N4O4. The van der Waals surface area contributed by atoms with Crippen molar-refractivity contribution in [1.29, 1.82) is 0 Å². The van der Waals surface area contributed by atoms with Crippen molar-refractivity contribution in [2.24, 2.45) is 5.92 Å². The van der Waals surface area contributed by atoms with E-state index in [1.807, 2.05) is 47.4 Å². The fraction of sp³-hybridized carbons (Fsp3) is 0.400. The van der Waals surface area contributed by atoms with Crippen LogP contribution in [0.1, 0.15) is 48.2 Å². The van der Waals surface area contributed by atoms with Crippen molar-refractivity contribution in [2.75, 3.05) is 33.2 Å². The van der Waals surface area contributed by atoms with Crippen LogP contribution in [-0.2, 0) is 9.59 Å². The summed E-state index contributed by atoms with van der Waals surface area (Å²) in [5, 5.41) is 4.93. The summed E-state index contributed by atoms with van der Waals surface area (Å²) < 4.78 is 5.48. The van der Waals surface area contributed by atoms with Gasteiger partial charge in [0, 0.05) is 69.7 Å². The summed E-state index contributed by atoms with van der Waals surface area (Å²) >= 11 is 12.6. The predicted molar refractivity (Wildman–Crippen MR) is 153 cm³/mol. The molecule has 0 bridgehead atoms. The number of aromatic nitrogens is 1. The standard InChI is InChI=1S/C30H32Cl2N4O4/c1-19(37)35-13-10-21(11-14-35)29(38)36-15-12-27(23(18-36)22-8-9-24(31)25(32)16-22)34(2)30(39)26-17-28(40-33-26)20-6-4-3-5-7-20/h3-9,16-17,21,23,27H,10-15,18H2,1-2H3/t23-,27+/m0/s1. The van der Waals surface area contributed by atoms with Gasteiger partial charge in [-0.25, -0.2) is 0 Å². The van der Waals surface area contributed by atoms with Gasteiger partial charge in [-0.1, -0.05) is 64.8 Å². The van der Waals surface area contributed by atoms with E-state index in [0.29, 0.717) is 61.2 Å². The zero-order chi connectivity index (χ0) is 28.4. The number of likely N-dealkylation sites (N-methyl/N-ethyl adjacent to an activating group) is 1. The number of benzene rings is 2. The van der Waals surface area contributed by atoms with Crippen molar-refractivity contribution in [3.8, 4) is 11.3 Å². The van der Waals surface area contributed by atoms with Crippen molar-refractivity contribution in [3.63, 3.8) is 0 Å². The Morgan fingerprint density at radius 2 is 1.62 bits per heavy atom. The molecule has 2 saturated heterocycles. The molecule has 210 valence electrons. The van der Waals surface area contributed by atoms with Gasteiger partial charge in [-0.3, -0.25) is 14.4 Å². The average Bonchev–Trinajstić information content (AvgIpc) is 3.48. The molecule has 0 saturated carbocycles. The lowest BCUT2D eigenvalue weighted by atomic mass is 9.84. The normalized spacial score (nSPS) is 19.9. The molecule has 10 heteroatoms. The monoisotopic (exact) mass is 582 g/mol. The van der Waals surface area contributed by atoms with E-state index in [9.17, 15) is 14.4 Å². The van der Waals surface area contributed by atoms with Gasteiger partial charge in [-0.05, 0) is 37.0 Å². The van der Waals surface area contributed by atoms with Crippen LogP contribution in [-0.4, -0.2) is 76.8 Å². The Kier molecular flexibility index (Phi) is 8.47. The molecule has 0 radical (unpaired) electrons. The topological polar surface area (TPSA) is 87.0 Å². The lowest BCUT2D eigenvalue weighted by Gasteiger charge is -2.44. The van der Waals surface area contributed by atoms with Crippen LogP contribution < -0.4 is 0 Å². The highest BCUT2D eigenvalue weighted by Crippen LogP contribution is 2.36. The minimum Gasteiger partial charge on any atom is -0.355 e. The van der Waals surface area contributed by atoms with E-state index in [1.54, 1.807) is 35.9 Å². The second-order valence-electron chi connectivity index (χ2n) is 10.6. The zero-order valence-electron chi connectivity index (χ0n) is 22.6. The highest BCUT2D eigenvalue weighted by atomic mass is 35.5. The summed E-state index contributed by atoms with van der Waals surface area (Å²) in [6.07, 6.45) is 1.91. The second-order valence-corrected chi connectivity index (χ2v) is 11.4. The van der Waals surface area contributed by atoms with Crippen LogP contribution in [0.5, 0.6) is 0 Å². The van der Waals surface area contributed by atoms with Crippen molar-refractivity contribution >= 4 is 40.9 Å². The zero-order valence-corrected chi connectivity index (χ0v) is 24.1. The number of amides is 3. The lowest BCUT2D eigenvalue weighted by molar-refractivity contribution is -0.141. The number of carbonyl (C=O) groups is 3. The molecule has 40 heavy (non-hydrogen) atoms. The number of hydrogen-bond donors (Lipinski definition) is 0. The van der Waals surface area contributed by atoms with E-state index in [1.165, 1.54) is 0 Å². The molecule has 3 heterocycles. The number of halogens is 2. The predicted octanol–water partition coefficient (Wildman–Crippen LogP) is 5.36. The van der Waals surface area contributed by atoms with Gasteiger partial charge in [0.05, 0.1) is 10.0 Å². The first kappa shape index (κ1) is 28.2. The van der Waals surface area contributed by atoms with Gasteiger partial charge in [0.2, 0.25) is 11.8 Å². The molecular weight excluding hydrogens is 551 g/mol. The quantitative estimate of drug-likeness (QED) is 0.404. The third-order valence-electron chi connectivity index (χ3n) is 8.15. The molecule has 1 aromatic heterocycles. The number of likely N-dealkylation sites (tertiary alicyclic amines) is 2. The van der Waals surface area contributed by atoms with Gasteiger partial charge in [-0.15, -0.1) is 0 Å². The smallest absolute Gasteiger partial charge is 0.276 e. The van der Waals surface area contributed by atoms with E-state index in [-0.39, 0.29) is 41.3 Å². The van der Waals surface area contributed by atoms with E-state index in [2.05, 4.69) is 5.16 Å². The molecule has 0 unspecified atom stereocenters. The van der Waals surface area contributed by atoms with Crippen molar-refractivity contribution < 1.29 is 18.9 Å². The summed E-state index contributed by atoms with van der Waals surface area (Å²) in [7, 11) is 1.77. The molecule has 2 aliphatic heterocycles. The van der Waals surface area contributed by atoms with Crippen LogP contribution in [0.3, 0.4) is 0 Å². The van der Waals surface area contributed by atoms with Crippen LogP contribution in [0.4, 0.5) is 0 Å². The Morgan fingerprint density at radius 3 is 2.30 bits per heavy atom. The Morgan fingerprint density at radius 1 is 0.925 bits per heavy atom. The molecule has 0 N–H and O–H groups in total. The summed E-state index contributed by atoms with van der Waals surface area (Å²) in [4.78, 5) is 44.3. The van der Waals surface area contributed by atoms with Gasteiger partial charge < -0.3 is 19.2 Å². The number of piperidine rings is 2. The SMILES string of the molecule is CC(=O)N1CCC(C(=O)N2CC[C@@H](N(C)C(=O)c3cc(-c4ccccc4)on3)[C@H](c3ccc(Cl)c(Cl)c3)C2)CC1. The van der Waals surface area contributed by atoms with Crippen LogP contribution in [0, 0.1) is 5.92 Å². The molecule has 2 aliphatic rings. The van der Waals surface area contributed by atoms with Gasteiger partial charge >= 0.3 is 0 Å². The summed E-state index contributed by atoms with van der Waals surface area (Å²) in [6, 6.07) is 16.4. The number of carbonyl (C=O) groups excluding carboxylic acids is 3. The summed E-state index contributed by atoms with van der Waals surface area (Å²) in [5.41, 5.74) is 1.98. The maximum absolute atomic E-state index is 13.6. The molecule has 3 aromatic rings. The largest absolute Gasteiger partial charge is 0.355 e. The van der Waals surface area contributed by atoms with Crippen molar-refractivity contribution in [2.45, 2.75) is 38.1 Å². The minimum absolute atomic E-state index is 0.0436. The fourth-order valence-electron chi connectivity index (χ4n) is 5.82. The number of hydrogen-bond acceptors (Lipinski definition) is 5. The summed E-state index contributed by atoms with van der Waals surface area (Å²) in [6.45, 7) is 3.73. The Bertz CT molecular complexity index is 1390. The Labute approximate surface area is 243 Å². The average molecular weight is 584 g/mol. The number of nitrogens with zero attached hydrogens (tertiary/aromatic N) is 4. The van der Waals surface area contributed by atoms with Crippen LogP contribution in [0.2, 0.25) is 10.0 Å². The fourth-order valence-corrected chi connectivity index (χ4v) is 6.13. The Balaban J connectivity index is 1.35. The highest BCUT2D eigenvalue weighted by molar-refractivity contribution is 6.42. The molecule has 0 aliphatic carbocycles. The van der Waals surface area contributed by atoms with Gasteiger partial charge in [-0.2, -0.15) is 0 Å². The van der Waals surface area contributed by atoms with E-state index < -0.39 is 0 Å². The third kappa shape index (κ3) is 5.88. The van der Waals surface area contributed by atoms with Crippen molar-refractivity contribution in [1.82, 2.24) is 19.9 Å². The van der Waals surface area contributed by atoms with E-state index in [0.717, 1.165) is 11.1 Å². The maximum Gasteiger partial charge on any atom is 0.276 e. The third-order valence-corrected chi connectivity index (χ3v) is 8.89. The van der Waals surface area contributed by atoms with Crippen LogP contribution in [0.25, 0.3) is 11.3 Å². The van der Waals surface area contributed by atoms with E-state index in [4.69, 9.17) is 27.7 Å². The molecule has 3 amide bonds. The van der Waals surface area contributed by atoms with E-state index >= 15 is 0 Å². The molecule has 5 rings (SSSR count). The highest BCUT2D eigenvalue weighted by Gasteiger charge is 2.39. The van der Waals surface area contributed by atoms with Gasteiger partial charge in [0.25, 0.3) is 5.91 Å². The first-order chi connectivity index (χ1) is 19.2. The Hall–Kier alpha value is -3.36. The second kappa shape index (κ2) is 12.0. The molecule has 2 fully saturated rings. The minimum atomic E-state index is -0.252. The van der Waals surface area contributed by atoms with Crippen LogP contribution in [0.15, 0.2) is 59.1 Å². The van der Waals surface area contributed by atoms with Gasteiger partial charge in [0.15, 0.2) is 11.5 Å². The first-order valence-electron chi connectivity index (χ1n) is 13.5. The molecule has 8 nitrogen and oxygen atoms in total.